The third-order valence-electron chi connectivity index (χ3n) is 3.54. The fourth-order valence-electron chi connectivity index (χ4n) is 2.36. The summed E-state index contributed by atoms with van der Waals surface area (Å²) >= 11 is 1.74. The number of carbonyl (C=O) groups is 1. The van der Waals surface area contributed by atoms with Crippen LogP contribution in [0.1, 0.15) is 12.0 Å². The average Bonchev–Trinajstić information content (AvgIpc) is 2.63. The number of aryl methyl sites for hydroxylation is 1. The topological polar surface area (TPSA) is 47.6 Å². The molecule has 0 aliphatic carbocycles. The zero-order chi connectivity index (χ0) is 17.2. The molecular weight excluding hydrogens is 322 g/mol. The number of amides is 1. The number of hydrogen-bond acceptors (Lipinski definition) is 4. The molecule has 4 nitrogen and oxygen atoms in total. The first-order valence-corrected chi connectivity index (χ1v) is 8.87. The highest BCUT2D eigenvalue weighted by Gasteiger charge is 2.11. The highest BCUT2D eigenvalue weighted by atomic mass is 32.2. The van der Waals surface area contributed by atoms with E-state index in [1.807, 2.05) is 36.4 Å². The third-order valence-corrected chi connectivity index (χ3v) is 4.56. The second kappa shape index (κ2) is 9.88. The van der Waals surface area contributed by atoms with Gasteiger partial charge in [0.25, 0.3) is 0 Å². The number of rotatable bonds is 9. The number of methoxy groups -OCH3 is 2. The second-order valence-corrected chi connectivity index (χ2v) is 6.33. The van der Waals surface area contributed by atoms with Crippen LogP contribution in [0.15, 0.2) is 53.4 Å². The van der Waals surface area contributed by atoms with Crippen molar-refractivity contribution >= 4 is 17.7 Å². The molecule has 0 aromatic heterocycles. The van der Waals surface area contributed by atoms with Gasteiger partial charge in [-0.1, -0.05) is 30.3 Å². The monoisotopic (exact) mass is 345 g/mol. The SMILES string of the molecule is COc1cccc(CCC(=O)NCCSc2ccccc2)c1OC. The molecule has 24 heavy (non-hydrogen) atoms. The molecule has 0 spiro atoms. The van der Waals surface area contributed by atoms with Gasteiger partial charge in [-0.2, -0.15) is 0 Å². The van der Waals surface area contributed by atoms with Gasteiger partial charge in [-0.05, 0) is 30.2 Å². The largest absolute Gasteiger partial charge is 0.493 e. The van der Waals surface area contributed by atoms with Gasteiger partial charge in [-0.3, -0.25) is 4.79 Å². The minimum absolute atomic E-state index is 0.0496. The van der Waals surface area contributed by atoms with E-state index >= 15 is 0 Å². The summed E-state index contributed by atoms with van der Waals surface area (Å²) in [6.07, 6.45) is 1.05. The lowest BCUT2D eigenvalue weighted by molar-refractivity contribution is -0.120. The molecule has 0 unspecified atom stereocenters. The Morgan fingerprint density at radius 3 is 2.54 bits per heavy atom. The van der Waals surface area contributed by atoms with E-state index in [1.54, 1.807) is 26.0 Å². The molecule has 0 radical (unpaired) electrons. The molecule has 2 aromatic rings. The maximum Gasteiger partial charge on any atom is 0.220 e. The Balaban J connectivity index is 1.73. The zero-order valence-electron chi connectivity index (χ0n) is 14.1. The predicted molar refractivity (Wildman–Crippen MR) is 98.0 cm³/mol. The number of hydrogen-bond donors (Lipinski definition) is 1. The Labute approximate surface area is 147 Å². The van der Waals surface area contributed by atoms with Crippen LogP contribution in [0, 0.1) is 0 Å². The van der Waals surface area contributed by atoms with Crippen LogP contribution in [0.4, 0.5) is 0 Å². The minimum atomic E-state index is 0.0496. The maximum absolute atomic E-state index is 12.0. The molecule has 0 atom stereocenters. The zero-order valence-corrected chi connectivity index (χ0v) is 14.9. The fraction of sp³-hybridized carbons (Fsp3) is 0.316. The van der Waals surface area contributed by atoms with Crippen molar-refractivity contribution in [2.75, 3.05) is 26.5 Å². The van der Waals surface area contributed by atoms with Crippen molar-refractivity contribution in [1.29, 1.82) is 0 Å². The molecule has 128 valence electrons. The quantitative estimate of drug-likeness (QED) is 0.558. The van der Waals surface area contributed by atoms with E-state index in [9.17, 15) is 4.79 Å². The number of carbonyl (C=O) groups excluding carboxylic acids is 1. The van der Waals surface area contributed by atoms with Crippen LogP contribution in [0.2, 0.25) is 0 Å². The Hall–Kier alpha value is -2.14. The lowest BCUT2D eigenvalue weighted by Gasteiger charge is -2.12. The van der Waals surface area contributed by atoms with Crippen LogP contribution in [-0.4, -0.2) is 32.4 Å². The number of para-hydroxylation sites is 1. The lowest BCUT2D eigenvalue weighted by Crippen LogP contribution is -2.25. The van der Waals surface area contributed by atoms with Crippen molar-refractivity contribution in [3.63, 3.8) is 0 Å². The Morgan fingerprint density at radius 2 is 1.83 bits per heavy atom. The smallest absolute Gasteiger partial charge is 0.220 e. The van der Waals surface area contributed by atoms with Gasteiger partial charge in [-0.15, -0.1) is 11.8 Å². The van der Waals surface area contributed by atoms with Crippen molar-refractivity contribution in [3.8, 4) is 11.5 Å². The van der Waals surface area contributed by atoms with Crippen molar-refractivity contribution in [2.45, 2.75) is 17.7 Å². The summed E-state index contributed by atoms with van der Waals surface area (Å²) in [5.41, 5.74) is 0.977. The molecule has 0 aliphatic rings. The molecule has 2 aromatic carbocycles. The van der Waals surface area contributed by atoms with Gasteiger partial charge in [0.2, 0.25) is 5.91 Å². The standard InChI is InChI=1S/C19H23NO3S/c1-22-17-10-6-7-15(19(17)23-2)11-12-18(21)20-13-14-24-16-8-4-3-5-9-16/h3-10H,11-14H2,1-2H3,(H,20,21). The summed E-state index contributed by atoms with van der Waals surface area (Å²) in [5.74, 6) is 2.30. The first-order valence-electron chi connectivity index (χ1n) is 7.89. The Morgan fingerprint density at radius 1 is 1.04 bits per heavy atom. The van der Waals surface area contributed by atoms with Crippen LogP contribution in [-0.2, 0) is 11.2 Å². The number of ether oxygens (including phenoxy) is 2. The molecule has 1 amide bonds. The Kier molecular flexibility index (Phi) is 7.49. The summed E-state index contributed by atoms with van der Waals surface area (Å²) in [6.45, 7) is 0.660. The lowest BCUT2D eigenvalue weighted by atomic mass is 10.1. The van der Waals surface area contributed by atoms with E-state index in [4.69, 9.17) is 9.47 Å². The molecule has 2 rings (SSSR count). The molecule has 0 saturated heterocycles. The van der Waals surface area contributed by atoms with E-state index in [-0.39, 0.29) is 5.91 Å². The highest BCUT2D eigenvalue weighted by molar-refractivity contribution is 7.99. The van der Waals surface area contributed by atoms with Gasteiger partial charge in [-0.25, -0.2) is 0 Å². The van der Waals surface area contributed by atoms with Crippen LogP contribution in [0.3, 0.4) is 0 Å². The van der Waals surface area contributed by atoms with E-state index < -0.39 is 0 Å². The van der Waals surface area contributed by atoms with Crippen molar-refractivity contribution in [1.82, 2.24) is 5.32 Å². The number of thioether (sulfide) groups is 1. The molecule has 0 heterocycles. The fourth-order valence-corrected chi connectivity index (χ4v) is 3.15. The highest BCUT2D eigenvalue weighted by Crippen LogP contribution is 2.31. The van der Waals surface area contributed by atoms with Crippen LogP contribution in [0.25, 0.3) is 0 Å². The number of nitrogens with one attached hydrogen (secondary N) is 1. The van der Waals surface area contributed by atoms with Gasteiger partial charge >= 0.3 is 0 Å². The summed E-state index contributed by atoms with van der Waals surface area (Å²) in [5, 5.41) is 2.96. The van der Waals surface area contributed by atoms with E-state index in [1.165, 1.54) is 4.90 Å². The Bertz CT molecular complexity index is 646. The molecular formula is C19H23NO3S. The first kappa shape index (κ1) is 18.2. The van der Waals surface area contributed by atoms with Crippen molar-refractivity contribution in [3.05, 3.63) is 54.1 Å². The third kappa shape index (κ3) is 5.49. The van der Waals surface area contributed by atoms with Crippen molar-refractivity contribution in [2.24, 2.45) is 0 Å². The summed E-state index contributed by atoms with van der Waals surface area (Å²) < 4.78 is 10.7. The van der Waals surface area contributed by atoms with Gasteiger partial charge in [0.05, 0.1) is 14.2 Å². The van der Waals surface area contributed by atoms with Gasteiger partial charge in [0.15, 0.2) is 11.5 Å². The number of benzene rings is 2. The second-order valence-electron chi connectivity index (χ2n) is 5.16. The van der Waals surface area contributed by atoms with E-state index in [2.05, 4.69) is 17.4 Å². The predicted octanol–water partition coefficient (Wildman–Crippen LogP) is 3.54. The van der Waals surface area contributed by atoms with Crippen molar-refractivity contribution < 1.29 is 14.3 Å². The molecule has 0 fully saturated rings. The molecule has 0 bridgehead atoms. The summed E-state index contributed by atoms with van der Waals surface area (Å²) in [6, 6.07) is 15.9. The molecule has 5 heteroatoms. The maximum atomic E-state index is 12.0. The van der Waals surface area contributed by atoms with Crippen LogP contribution >= 0.6 is 11.8 Å². The molecule has 1 N–H and O–H groups in total. The average molecular weight is 345 g/mol. The minimum Gasteiger partial charge on any atom is -0.493 e. The molecule has 0 aliphatic heterocycles. The van der Waals surface area contributed by atoms with Gasteiger partial charge in [0.1, 0.15) is 0 Å². The summed E-state index contributed by atoms with van der Waals surface area (Å²) in [7, 11) is 3.22. The van der Waals surface area contributed by atoms with E-state index in [0.29, 0.717) is 30.9 Å². The normalized spacial score (nSPS) is 10.2. The van der Waals surface area contributed by atoms with Gasteiger partial charge < -0.3 is 14.8 Å². The van der Waals surface area contributed by atoms with Crippen LogP contribution < -0.4 is 14.8 Å². The first-order chi connectivity index (χ1) is 11.7. The van der Waals surface area contributed by atoms with Gasteiger partial charge in [0, 0.05) is 23.6 Å². The summed E-state index contributed by atoms with van der Waals surface area (Å²) in [4.78, 5) is 13.2. The van der Waals surface area contributed by atoms with Crippen LogP contribution in [0.5, 0.6) is 11.5 Å². The van der Waals surface area contributed by atoms with E-state index in [0.717, 1.165) is 11.3 Å². The molecule has 0 saturated carbocycles.